The van der Waals surface area contributed by atoms with Gasteiger partial charge in [0.1, 0.15) is 17.5 Å². The third-order valence-corrected chi connectivity index (χ3v) is 5.57. The van der Waals surface area contributed by atoms with E-state index in [0.717, 1.165) is 11.6 Å². The van der Waals surface area contributed by atoms with E-state index in [9.17, 15) is 13.6 Å². The number of anilines is 1. The summed E-state index contributed by atoms with van der Waals surface area (Å²) in [6.07, 6.45) is 1.51. The zero-order valence-corrected chi connectivity index (χ0v) is 17.4. The SMILES string of the molecule is Cc1nn(-c2nncc(-c3ccc(Cl)cc3)n2)c2c1[C@@H](c1ccc(F)cc1F)CC(=O)N2. The molecule has 0 unspecified atom stereocenters. The van der Waals surface area contributed by atoms with Gasteiger partial charge in [-0.1, -0.05) is 29.8 Å². The zero-order chi connectivity index (χ0) is 22.4. The first-order chi connectivity index (χ1) is 15.4. The van der Waals surface area contributed by atoms with Crippen LogP contribution in [0.25, 0.3) is 17.2 Å². The van der Waals surface area contributed by atoms with E-state index in [4.69, 9.17) is 11.6 Å². The highest BCUT2D eigenvalue weighted by molar-refractivity contribution is 6.30. The summed E-state index contributed by atoms with van der Waals surface area (Å²) in [5.74, 6) is -1.87. The number of nitrogens with zero attached hydrogens (tertiary/aromatic N) is 5. The molecule has 1 atom stereocenters. The molecule has 7 nitrogen and oxygen atoms in total. The highest BCUT2D eigenvalue weighted by Crippen LogP contribution is 2.40. The van der Waals surface area contributed by atoms with Crippen LogP contribution in [0.5, 0.6) is 0 Å². The molecule has 0 radical (unpaired) electrons. The van der Waals surface area contributed by atoms with Crippen LogP contribution in [0.3, 0.4) is 0 Å². The van der Waals surface area contributed by atoms with Crippen molar-refractivity contribution in [3.05, 3.63) is 82.1 Å². The molecule has 0 saturated carbocycles. The molecular weight excluding hydrogens is 438 g/mol. The van der Waals surface area contributed by atoms with Crippen LogP contribution in [0.1, 0.15) is 29.2 Å². The van der Waals surface area contributed by atoms with Crippen molar-refractivity contribution in [3.63, 3.8) is 0 Å². The fraction of sp³-hybridized carbons (Fsp3) is 0.136. The molecule has 0 spiro atoms. The number of amides is 1. The molecule has 3 heterocycles. The van der Waals surface area contributed by atoms with Gasteiger partial charge in [0.25, 0.3) is 5.95 Å². The molecule has 5 rings (SSSR count). The first-order valence-corrected chi connectivity index (χ1v) is 10.1. The molecule has 2 aromatic carbocycles. The number of benzene rings is 2. The Bertz CT molecular complexity index is 1360. The van der Waals surface area contributed by atoms with E-state index in [0.29, 0.717) is 27.8 Å². The van der Waals surface area contributed by atoms with Gasteiger partial charge in [0, 0.05) is 34.6 Å². The van der Waals surface area contributed by atoms with Gasteiger partial charge in [0.05, 0.1) is 17.6 Å². The van der Waals surface area contributed by atoms with E-state index in [-0.39, 0.29) is 23.8 Å². The lowest BCUT2D eigenvalue weighted by Gasteiger charge is -2.24. The molecule has 1 N–H and O–H groups in total. The predicted molar refractivity (Wildman–Crippen MR) is 114 cm³/mol. The minimum absolute atomic E-state index is 0.00596. The maximum atomic E-state index is 14.5. The minimum Gasteiger partial charge on any atom is -0.310 e. The molecule has 0 aliphatic carbocycles. The largest absolute Gasteiger partial charge is 0.310 e. The van der Waals surface area contributed by atoms with Gasteiger partial charge in [0.2, 0.25) is 5.91 Å². The molecule has 2 aromatic heterocycles. The minimum atomic E-state index is -0.717. The molecule has 0 fully saturated rings. The molecule has 1 aliphatic heterocycles. The van der Waals surface area contributed by atoms with E-state index >= 15 is 0 Å². The van der Waals surface area contributed by atoms with Crippen molar-refractivity contribution in [2.75, 3.05) is 5.32 Å². The van der Waals surface area contributed by atoms with Gasteiger partial charge in [0.15, 0.2) is 0 Å². The van der Waals surface area contributed by atoms with Gasteiger partial charge >= 0.3 is 0 Å². The molecule has 1 amide bonds. The number of rotatable bonds is 3. The van der Waals surface area contributed by atoms with Crippen molar-refractivity contribution in [1.82, 2.24) is 25.0 Å². The lowest BCUT2D eigenvalue weighted by molar-refractivity contribution is -0.116. The average Bonchev–Trinajstić information content (AvgIpc) is 3.10. The highest BCUT2D eigenvalue weighted by Gasteiger charge is 2.34. The van der Waals surface area contributed by atoms with Gasteiger partial charge in [-0.05, 0) is 30.7 Å². The second kappa shape index (κ2) is 7.76. The Morgan fingerprint density at radius 2 is 1.94 bits per heavy atom. The molecule has 32 heavy (non-hydrogen) atoms. The lowest BCUT2D eigenvalue weighted by atomic mass is 9.85. The Labute approximate surface area is 186 Å². The number of hydrogen-bond acceptors (Lipinski definition) is 5. The Hall–Kier alpha value is -3.72. The second-order valence-corrected chi connectivity index (χ2v) is 7.82. The first-order valence-electron chi connectivity index (χ1n) is 9.71. The predicted octanol–water partition coefficient (Wildman–Crippen LogP) is 4.44. The van der Waals surface area contributed by atoms with Gasteiger partial charge in [-0.15, -0.1) is 5.10 Å². The Morgan fingerprint density at radius 1 is 1.16 bits per heavy atom. The third-order valence-electron chi connectivity index (χ3n) is 5.32. The normalized spacial score (nSPS) is 15.4. The van der Waals surface area contributed by atoms with E-state index < -0.39 is 17.6 Å². The first kappa shape index (κ1) is 20.2. The monoisotopic (exact) mass is 452 g/mol. The molecule has 10 heteroatoms. The Balaban J connectivity index is 1.62. The van der Waals surface area contributed by atoms with Crippen molar-refractivity contribution in [2.24, 2.45) is 0 Å². The number of hydrogen-bond donors (Lipinski definition) is 1. The van der Waals surface area contributed by atoms with Crippen molar-refractivity contribution < 1.29 is 13.6 Å². The summed E-state index contributed by atoms with van der Waals surface area (Å²) < 4.78 is 29.3. The van der Waals surface area contributed by atoms with Gasteiger partial charge < -0.3 is 5.32 Å². The van der Waals surface area contributed by atoms with Gasteiger partial charge in [-0.3, -0.25) is 4.79 Å². The number of fused-ring (bicyclic) bond motifs is 1. The van der Waals surface area contributed by atoms with Crippen LogP contribution < -0.4 is 5.32 Å². The molecule has 160 valence electrons. The average molecular weight is 453 g/mol. The zero-order valence-electron chi connectivity index (χ0n) is 16.7. The van der Waals surface area contributed by atoms with E-state index in [1.807, 2.05) is 0 Å². The van der Waals surface area contributed by atoms with E-state index in [2.05, 4.69) is 25.6 Å². The molecule has 0 bridgehead atoms. The van der Waals surface area contributed by atoms with Crippen LogP contribution in [-0.2, 0) is 4.79 Å². The number of halogens is 3. The van der Waals surface area contributed by atoms with Crippen LogP contribution in [0.2, 0.25) is 5.02 Å². The van der Waals surface area contributed by atoms with Gasteiger partial charge in [-0.25, -0.2) is 13.8 Å². The summed E-state index contributed by atoms with van der Waals surface area (Å²) in [5, 5.41) is 15.9. The number of carbonyl (C=O) groups is 1. The van der Waals surface area contributed by atoms with Crippen LogP contribution in [0, 0.1) is 18.6 Å². The topological polar surface area (TPSA) is 85.6 Å². The lowest BCUT2D eigenvalue weighted by Crippen LogP contribution is -2.25. The number of carbonyl (C=O) groups excluding carboxylic acids is 1. The standard InChI is InChI=1S/C22H15ClF2N6O/c1-11-20-16(15-7-6-14(24)8-17(15)25)9-19(32)28-21(20)31(30-11)22-27-18(10-26-29-22)12-2-4-13(23)5-3-12/h2-8,10,16H,9H2,1H3,(H,28,32)/t16-/m1/s1. The highest BCUT2D eigenvalue weighted by atomic mass is 35.5. The van der Waals surface area contributed by atoms with E-state index in [1.165, 1.54) is 23.0 Å². The van der Waals surface area contributed by atoms with Crippen LogP contribution in [0.15, 0.2) is 48.7 Å². The summed E-state index contributed by atoms with van der Waals surface area (Å²) in [6, 6.07) is 10.4. The van der Waals surface area contributed by atoms with Crippen LogP contribution in [-0.4, -0.2) is 30.9 Å². The van der Waals surface area contributed by atoms with E-state index in [1.54, 1.807) is 31.2 Å². The Morgan fingerprint density at radius 3 is 2.69 bits per heavy atom. The van der Waals surface area contributed by atoms with Crippen molar-refractivity contribution in [2.45, 2.75) is 19.3 Å². The maximum Gasteiger partial charge on any atom is 0.272 e. The van der Waals surface area contributed by atoms with Crippen molar-refractivity contribution in [1.29, 1.82) is 0 Å². The maximum absolute atomic E-state index is 14.5. The summed E-state index contributed by atoms with van der Waals surface area (Å²) in [7, 11) is 0. The summed E-state index contributed by atoms with van der Waals surface area (Å²) in [5.41, 5.74) is 2.72. The quantitative estimate of drug-likeness (QED) is 0.496. The second-order valence-electron chi connectivity index (χ2n) is 7.38. The van der Waals surface area contributed by atoms with Crippen LogP contribution >= 0.6 is 11.6 Å². The summed E-state index contributed by atoms with van der Waals surface area (Å²) in [6.45, 7) is 1.75. The molecule has 1 aliphatic rings. The summed E-state index contributed by atoms with van der Waals surface area (Å²) in [4.78, 5) is 17.0. The van der Waals surface area contributed by atoms with Crippen LogP contribution in [0.4, 0.5) is 14.6 Å². The summed E-state index contributed by atoms with van der Waals surface area (Å²) >= 11 is 5.96. The van der Waals surface area contributed by atoms with Gasteiger partial charge in [-0.2, -0.15) is 14.9 Å². The smallest absolute Gasteiger partial charge is 0.272 e. The molecular formula is C22H15ClF2N6O. The number of nitrogens with one attached hydrogen (secondary N) is 1. The number of aryl methyl sites for hydroxylation is 1. The van der Waals surface area contributed by atoms with Crippen molar-refractivity contribution >= 4 is 23.3 Å². The number of aromatic nitrogens is 5. The fourth-order valence-corrected chi connectivity index (χ4v) is 4.01. The third kappa shape index (κ3) is 3.50. The fourth-order valence-electron chi connectivity index (χ4n) is 3.89. The Kier molecular flexibility index (Phi) is 4.90. The molecule has 0 saturated heterocycles. The van der Waals surface area contributed by atoms with Crippen molar-refractivity contribution in [3.8, 4) is 17.2 Å². The molecule has 4 aromatic rings.